The lowest BCUT2D eigenvalue weighted by Gasteiger charge is -2.21. The number of hydrogen-bond acceptors (Lipinski definition) is 4. The van der Waals surface area contributed by atoms with Crippen LogP contribution in [0.15, 0.2) is 68.8 Å². The molecule has 0 aliphatic carbocycles. The number of benzene rings is 2. The first-order valence-corrected chi connectivity index (χ1v) is 10.3. The van der Waals surface area contributed by atoms with Gasteiger partial charge in [0.2, 0.25) is 5.90 Å². The average Bonchev–Trinajstić information content (AvgIpc) is 3.06. The minimum absolute atomic E-state index is 0.0379. The topological polar surface area (TPSA) is 51.0 Å². The highest BCUT2D eigenvalue weighted by molar-refractivity contribution is 7.93. The lowest BCUT2D eigenvalue weighted by Crippen LogP contribution is -2.25. The SMILES string of the molecule is CC(C)(C)[C@H]1COC(c2ccccc2N=S(C)(=O)c2ccccc2)=N1. The zero-order valence-electron chi connectivity index (χ0n) is 15.1. The summed E-state index contributed by atoms with van der Waals surface area (Å²) in [5.41, 5.74) is 1.47. The summed E-state index contributed by atoms with van der Waals surface area (Å²) in [7, 11) is -2.54. The minimum atomic E-state index is -2.54. The summed E-state index contributed by atoms with van der Waals surface area (Å²) in [6, 6.07) is 17.0. The van der Waals surface area contributed by atoms with E-state index in [1.165, 1.54) is 0 Å². The minimum Gasteiger partial charge on any atom is -0.475 e. The molecule has 0 saturated heterocycles. The summed E-state index contributed by atoms with van der Waals surface area (Å²) in [5, 5.41) is 0. The third-order valence-corrected chi connectivity index (χ3v) is 5.93. The lowest BCUT2D eigenvalue weighted by molar-refractivity contribution is 0.236. The fraction of sp³-hybridized carbons (Fsp3) is 0.350. The van der Waals surface area contributed by atoms with E-state index in [1.54, 1.807) is 6.26 Å². The molecule has 4 nitrogen and oxygen atoms in total. The van der Waals surface area contributed by atoms with Crippen molar-refractivity contribution < 1.29 is 8.95 Å². The van der Waals surface area contributed by atoms with E-state index in [4.69, 9.17) is 9.73 Å². The van der Waals surface area contributed by atoms with Gasteiger partial charge >= 0.3 is 0 Å². The second-order valence-electron chi connectivity index (χ2n) is 7.35. The molecule has 1 aliphatic rings. The van der Waals surface area contributed by atoms with Crippen molar-refractivity contribution in [2.24, 2.45) is 14.8 Å². The standard InChI is InChI=1S/C20H24N2O2S/c1-20(2,3)18-14-24-19(21-18)16-12-8-9-13-17(16)22-25(4,23)15-10-6-5-7-11-15/h5-13,18H,14H2,1-4H3/t18-,25?/m1/s1. The van der Waals surface area contributed by atoms with Crippen molar-refractivity contribution >= 4 is 21.3 Å². The van der Waals surface area contributed by atoms with Crippen molar-refractivity contribution in [3.05, 3.63) is 60.2 Å². The molecule has 132 valence electrons. The molecule has 0 aromatic heterocycles. The molecule has 1 heterocycles. The van der Waals surface area contributed by atoms with E-state index in [0.29, 0.717) is 23.1 Å². The second kappa shape index (κ2) is 6.64. The van der Waals surface area contributed by atoms with Crippen LogP contribution in [0.3, 0.4) is 0 Å². The quantitative estimate of drug-likeness (QED) is 0.802. The fourth-order valence-electron chi connectivity index (χ4n) is 2.61. The molecule has 2 aromatic rings. The van der Waals surface area contributed by atoms with Crippen LogP contribution in [0.5, 0.6) is 0 Å². The Labute approximate surface area is 150 Å². The smallest absolute Gasteiger partial charge is 0.218 e. The Hall–Kier alpha value is -2.14. The fourth-order valence-corrected chi connectivity index (χ4v) is 3.91. The van der Waals surface area contributed by atoms with Gasteiger partial charge in [-0.05, 0) is 29.7 Å². The van der Waals surface area contributed by atoms with Gasteiger partial charge in [-0.3, -0.25) is 0 Å². The Morgan fingerprint density at radius 2 is 1.72 bits per heavy atom. The van der Waals surface area contributed by atoms with Crippen LogP contribution in [0, 0.1) is 5.41 Å². The first-order valence-electron chi connectivity index (χ1n) is 8.34. The van der Waals surface area contributed by atoms with Crippen molar-refractivity contribution in [1.82, 2.24) is 0 Å². The molecule has 2 atom stereocenters. The van der Waals surface area contributed by atoms with E-state index in [0.717, 1.165) is 5.56 Å². The van der Waals surface area contributed by atoms with Crippen molar-refractivity contribution in [3.8, 4) is 0 Å². The molecule has 0 spiro atoms. The molecule has 1 aliphatic heterocycles. The van der Waals surface area contributed by atoms with E-state index in [1.807, 2.05) is 54.6 Å². The van der Waals surface area contributed by atoms with Gasteiger partial charge in [0.1, 0.15) is 6.61 Å². The summed E-state index contributed by atoms with van der Waals surface area (Å²) < 4.78 is 23.5. The predicted molar refractivity (Wildman–Crippen MR) is 103 cm³/mol. The van der Waals surface area contributed by atoms with Gasteiger partial charge in [0.05, 0.1) is 27.0 Å². The molecule has 3 rings (SSSR count). The Balaban J connectivity index is 2.04. The summed E-state index contributed by atoms with van der Waals surface area (Å²) in [6.45, 7) is 7.02. The maximum absolute atomic E-state index is 13.1. The van der Waals surface area contributed by atoms with E-state index in [-0.39, 0.29) is 11.5 Å². The van der Waals surface area contributed by atoms with Crippen molar-refractivity contribution in [2.45, 2.75) is 31.7 Å². The molecule has 0 bridgehead atoms. The molecule has 2 aromatic carbocycles. The monoisotopic (exact) mass is 356 g/mol. The van der Waals surface area contributed by atoms with Gasteiger partial charge in [0.15, 0.2) is 0 Å². The average molecular weight is 356 g/mol. The zero-order valence-corrected chi connectivity index (χ0v) is 15.9. The van der Waals surface area contributed by atoms with Crippen molar-refractivity contribution in [3.63, 3.8) is 0 Å². The Morgan fingerprint density at radius 1 is 1.08 bits per heavy atom. The largest absolute Gasteiger partial charge is 0.475 e. The third kappa shape index (κ3) is 3.93. The maximum atomic E-state index is 13.1. The van der Waals surface area contributed by atoms with Crippen molar-refractivity contribution in [2.75, 3.05) is 12.9 Å². The molecular formula is C20H24N2O2S. The van der Waals surface area contributed by atoms with Crippen LogP contribution in [0.2, 0.25) is 0 Å². The molecule has 25 heavy (non-hydrogen) atoms. The molecule has 0 saturated carbocycles. The van der Waals surface area contributed by atoms with Gasteiger partial charge in [-0.1, -0.05) is 51.1 Å². The molecular weight excluding hydrogens is 332 g/mol. The van der Waals surface area contributed by atoms with Crippen LogP contribution in [-0.2, 0) is 14.5 Å². The highest BCUT2D eigenvalue weighted by Gasteiger charge is 2.31. The summed E-state index contributed by atoms with van der Waals surface area (Å²) in [4.78, 5) is 5.45. The van der Waals surface area contributed by atoms with E-state index >= 15 is 0 Å². The summed E-state index contributed by atoms with van der Waals surface area (Å²) >= 11 is 0. The molecule has 1 unspecified atom stereocenters. The normalized spacial score (nSPS) is 19.7. The second-order valence-corrected chi connectivity index (χ2v) is 9.61. The first kappa shape index (κ1) is 17.7. The van der Waals surface area contributed by atoms with E-state index < -0.39 is 9.73 Å². The molecule has 5 heteroatoms. The van der Waals surface area contributed by atoms with E-state index in [9.17, 15) is 4.21 Å². The number of rotatable bonds is 3. The van der Waals surface area contributed by atoms with E-state index in [2.05, 4.69) is 25.1 Å². The summed E-state index contributed by atoms with van der Waals surface area (Å²) in [5.74, 6) is 0.586. The molecule has 0 N–H and O–H groups in total. The van der Waals surface area contributed by atoms with Crippen LogP contribution >= 0.6 is 0 Å². The zero-order chi connectivity index (χ0) is 18.1. The van der Waals surface area contributed by atoms with Gasteiger partial charge in [-0.2, -0.15) is 4.36 Å². The molecule has 0 radical (unpaired) electrons. The lowest BCUT2D eigenvalue weighted by atomic mass is 9.88. The Kier molecular flexibility index (Phi) is 4.69. The van der Waals surface area contributed by atoms with Gasteiger partial charge in [-0.25, -0.2) is 9.20 Å². The summed E-state index contributed by atoms with van der Waals surface area (Å²) in [6.07, 6.45) is 1.66. The van der Waals surface area contributed by atoms with Crippen LogP contribution < -0.4 is 0 Å². The van der Waals surface area contributed by atoms with Crippen molar-refractivity contribution in [1.29, 1.82) is 0 Å². The van der Waals surface area contributed by atoms with Crippen LogP contribution in [0.4, 0.5) is 5.69 Å². The van der Waals surface area contributed by atoms with Gasteiger partial charge in [0, 0.05) is 11.2 Å². The first-order chi connectivity index (χ1) is 11.8. The Morgan fingerprint density at radius 3 is 2.36 bits per heavy atom. The number of ether oxygens (including phenoxy) is 1. The maximum Gasteiger partial charge on any atom is 0.218 e. The van der Waals surface area contributed by atoms with Crippen LogP contribution in [0.25, 0.3) is 0 Å². The molecule has 0 amide bonds. The predicted octanol–water partition coefficient (Wildman–Crippen LogP) is 4.67. The third-order valence-electron chi connectivity index (χ3n) is 4.24. The Bertz CT molecular complexity index is 905. The number of aliphatic imine (C=N–C) groups is 1. The number of nitrogens with zero attached hydrogens (tertiary/aromatic N) is 2. The number of hydrogen-bond donors (Lipinski definition) is 0. The highest BCUT2D eigenvalue weighted by Crippen LogP contribution is 2.31. The van der Waals surface area contributed by atoms with Gasteiger partial charge < -0.3 is 4.74 Å². The highest BCUT2D eigenvalue weighted by atomic mass is 32.2. The van der Waals surface area contributed by atoms with Crippen LogP contribution in [-0.4, -0.2) is 29.0 Å². The molecule has 0 fully saturated rings. The van der Waals surface area contributed by atoms with Crippen LogP contribution in [0.1, 0.15) is 26.3 Å². The van der Waals surface area contributed by atoms with Gasteiger partial charge in [0.25, 0.3) is 0 Å². The van der Waals surface area contributed by atoms with Gasteiger partial charge in [-0.15, -0.1) is 0 Å².